The first-order valence-electron chi connectivity index (χ1n) is 4.49. The van der Waals surface area contributed by atoms with Gasteiger partial charge in [-0.25, -0.2) is 0 Å². The molecule has 1 aliphatic rings. The predicted octanol–water partition coefficient (Wildman–Crippen LogP) is 3.63. The summed E-state index contributed by atoms with van der Waals surface area (Å²) in [5, 5.41) is 0. The van der Waals surface area contributed by atoms with Crippen molar-refractivity contribution in [1.29, 1.82) is 0 Å². The van der Waals surface area contributed by atoms with Crippen LogP contribution in [0.5, 0.6) is 0 Å². The lowest BCUT2D eigenvalue weighted by atomic mass is 10.1. The molecule has 0 radical (unpaired) electrons. The Hall–Kier alpha value is -1.28. The summed E-state index contributed by atoms with van der Waals surface area (Å²) in [5.74, 6) is 0. The summed E-state index contributed by atoms with van der Waals surface area (Å²) < 4.78 is 0. The molecule has 0 saturated heterocycles. The molecule has 0 atom stereocenters. The van der Waals surface area contributed by atoms with Gasteiger partial charge in [-0.2, -0.15) is 0 Å². The van der Waals surface area contributed by atoms with Crippen molar-refractivity contribution in [2.75, 3.05) is 0 Å². The van der Waals surface area contributed by atoms with E-state index in [9.17, 15) is 0 Å². The lowest BCUT2D eigenvalue weighted by Crippen LogP contribution is -1.95. The van der Waals surface area contributed by atoms with Gasteiger partial charge in [0, 0.05) is 21.6 Å². The van der Waals surface area contributed by atoms with Gasteiger partial charge in [0.25, 0.3) is 0 Å². The van der Waals surface area contributed by atoms with Gasteiger partial charge in [-0.1, -0.05) is 42.6 Å². The summed E-state index contributed by atoms with van der Waals surface area (Å²) in [6, 6.07) is 8.31. The van der Waals surface area contributed by atoms with Gasteiger partial charge in [-0.05, 0) is 13.0 Å². The molecule has 1 aromatic rings. The summed E-state index contributed by atoms with van der Waals surface area (Å²) in [4.78, 5) is 6.80. The van der Waals surface area contributed by atoms with E-state index in [4.69, 9.17) is 0 Å². The molecule has 2 heteroatoms. The van der Waals surface area contributed by atoms with E-state index in [1.165, 1.54) is 15.4 Å². The van der Waals surface area contributed by atoms with Crippen molar-refractivity contribution < 1.29 is 0 Å². The molecule has 1 aromatic carbocycles. The maximum atomic E-state index is 4.31. The molecule has 0 saturated carbocycles. The number of rotatable bonds is 1. The largest absolute Gasteiger partial charge is 0.256 e. The maximum absolute atomic E-state index is 4.31. The Kier molecular flexibility index (Phi) is 2.55. The maximum Gasteiger partial charge on any atom is 0.0849 e. The molecule has 14 heavy (non-hydrogen) atoms. The predicted molar refractivity (Wildman–Crippen MR) is 62.8 cm³/mol. The quantitative estimate of drug-likeness (QED) is 0.676. The molecule has 1 heterocycles. The molecule has 1 aliphatic heterocycles. The second-order valence-corrected chi connectivity index (χ2v) is 4.00. The van der Waals surface area contributed by atoms with Crippen LogP contribution in [0.3, 0.4) is 0 Å². The number of benzene rings is 1. The third kappa shape index (κ3) is 1.42. The molecular weight excluding hydrogens is 190 g/mol. The number of hydrogen-bond acceptors (Lipinski definition) is 2. The number of aliphatic imine (C=N–C) groups is 1. The van der Waals surface area contributed by atoms with Crippen molar-refractivity contribution >= 4 is 17.5 Å². The van der Waals surface area contributed by atoms with Crippen LogP contribution in [0, 0.1) is 0 Å². The van der Waals surface area contributed by atoms with E-state index in [2.05, 4.69) is 35.8 Å². The second-order valence-electron chi connectivity index (χ2n) is 2.91. The number of thioether (sulfide) groups is 1. The van der Waals surface area contributed by atoms with E-state index < -0.39 is 0 Å². The van der Waals surface area contributed by atoms with Crippen molar-refractivity contribution in [2.45, 2.75) is 11.8 Å². The fourth-order valence-electron chi connectivity index (χ4n) is 1.47. The summed E-state index contributed by atoms with van der Waals surface area (Å²) in [6.45, 7) is 5.68. The van der Waals surface area contributed by atoms with Gasteiger partial charge in [0.1, 0.15) is 0 Å². The average Bonchev–Trinajstić information content (AvgIpc) is 2.58. The van der Waals surface area contributed by atoms with Crippen LogP contribution in [0.1, 0.15) is 12.5 Å². The Morgan fingerprint density at radius 3 is 2.86 bits per heavy atom. The second kappa shape index (κ2) is 3.84. The molecular formula is C12H11NS. The highest BCUT2D eigenvalue weighted by Crippen LogP contribution is 2.39. The van der Waals surface area contributed by atoms with Crippen LogP contribution in [0.4, 0.5) is 0 Å². The first kappa shape index (κ1) is 9.28. The lowest BCUT2D eigenvalue weighted by molar-refractivity contribution is 1.43. The SMILES string of the molecule is C=CN=C1/C(=C\C)Sc2ccccc21. The molecule has 0 fully saturated rings. The van der Waals surface area contributed by atoms with Crippen LogP contribution in [0.25, 0.3) is 0 Å². The van der Waals surface area contributed by atoms with Crippen molar-refractivity contribution in [1.82, 2.24) is 0 Å². The molecule has 0 unspecified atom stereocenters. The number of nitrogens with zero attached hydrogens (tertiary/aromatic N) is 1. The number of hydrogen-bond donors (Lipinski definition) is 0. The van der Waals surface area contributed by atoms with Crippen LogP contribution in [0.2, 0.25) is 0 Å². The van der Waals surface area contributed by atoms with Crippen molar-refractivity contribution in [3.8, 4) is 0 Å². The summed E-state index contributed by atoms with van der Waals surface area (Å²) in [5.41, 5.74) is 2.26. The zero-order valence-electron chi connectivity index (χ0n) is 8.03. The zero-order chi connectivity index (χ0) is 9.97. The topological polar surface area (TPSA) is 12.4 Å². The Bertz CT molecular complexity index is 430. The van der Waals surface area contributed by atoms with Gasteiger partial charge >= 0.3 is 0 Å². The minimum Gasteiger partial charge on any atom is -0.256 e. The fourth-order valence-corrected chi connectivity index (χ4v) is 2.51. The highest BCUT2D eigenvalue weighted by molar-refractivity contribution is 8.04. The Balaban J connectivity index is 2.58. The van der Waals surface area contributed by atoms with E-state index in [1.54, 1.807) is 18.0 Å². The van der Waals surface area contributed by atoms with E-state index >= 15 is 0 Å². The van der Waals surface area contributed by atoms with Gasteiger partial charge in [-0.15, -0.1) is 0 Å². The van der Waals surface area contributed by atoms with Crippen molar-refractivity contribution in [3.05, 3.63) is 53.6 Å². The molecule has 0 bridgehead atoms. The highest BCUT2D eigenvalue weighted by Gasteiger charge is 2.21. The smallest absolute Gasteiger partial charge is 0.0849 e. The van der Waals surface area contributed by atoms with Gasteiger partial charge in [-0.3, -0.25) is 4.99 Å². The Morgan fingerprint density at radius 2 is 2.14 bits per heavy atom. The summed E-state index contributed by atoms with van der Waals surface area (Å²) >= 11 is 1.77. The average molecular weight is 201 g/mol. The van der Waals surface area contributed by atoms with Crippen LogP contribution in [0.15, 0.2) is 57.9 Å². The molecule has 2 rings (SSSR count). The lowest BCUT2D eigenvalue weighted by Gasteiger charge is -1.96. The van der Waals surface area contributed by atoms with E-state index in [-0.39, 0.29) is 0 Å². The van der Waals surface area contributed by atoms with E-state index in [1.807, 2.05) is 13.0 Å². The van der Waals surface area contributed by atoms with Gasteiger partial charge in [0.2, 0.25) is 0 Å². The molecule has 1 nitrogen and oxygen atoms in total. The minimum atomic E-state index is 1.04. The van der Waals surface area contributed by atoms with Gasteiger partial charge in [0.15, 0.2) is 0 Å². The molecule has 0 aliphatic carbocycles. The first-order chi connectivity index (χ1) is 6.86. The van der Waals surface area contributed by atoms with Gasteiger partial charge < -0.3 is 0 Å². The molecule has 70 valence electrons. The van der Waals surface area contributed by atoms with E-state index in [0.717, 1.165) is 5.71 Å². The van der Waals surface area contributed by atoms with Crippen LogP contribution in [-0.2, 0) is 0 Å². The molecule has 0 spiro atoms. The van der Waals surface area contributed by atoms with Crippen LogP contribution in [-0.4, -0.2) is 5.71 Å². The minimum absolute atomic E-state index is 1.04. The molecule has 0 N–H and O–H groups in total. The first-order valence-corrected chi connectivity index (χ1v) is 5.31. The zero-order valence-corrected chi connectivity index (χ0v) is 8.84. The van der Waals surface area contributed by atoms with Crippen LogP contribution >= 0.6 is 11.8 Å². The number of allylic oxidation sites excluding steroid dienone is 2. The summed E-state index contributed by atoms with van der Waals surface area (Å²) in [7, 11) is 0. The van der Waals surface area contributed by atoms with Crippen molar-refractivity contribution in [2.24, 2.45) is 4.99 Å². The van der Waals surface area contributed by atoms with E-state index in [0.29, 0.717) is 0 Å². The Labute approximate surface area is 88.3 Å². The summed E-state index contributed by atoms with van der Waals surface area (Å²) in [6.07, 6.45) is 3.69. The molecule has 0 aromatic heterocycles. The fraction of sp³-hybridized carbons (Fsp3) is 0.0833. The normalized spacial score (nSPS) is 20.1. The van der Waals surface area contributed by atoms with Crippen molar-refractivity contribution in [3.63, 3.8) is 0 Å². The number of fused-ring (bicyclic) bond motifs is 1. The molecule has 0 amide bonds. The third-order valence-corrected chi connectivity index (χ3v) is 3.30. The highest BCUT2D eigenvalue weighted by atomic mass is 32.2. The Morgan fingerprint density at radius 1 is 1.36 bits per heavy atom. The monoisotopic (exact) mass is 201 g/mol. The van der Waals surface area contributed by atoms with Gasteiger partial charge in [0.05, 0.1) is 5.71 Å². The standard InChI is InChI=1S/C12H11NS/c1-3-10-12(13-4-2)9-7-5-6-8-11(9)14-10/h3-8H,2H2,1H3/b10-3+,13-12?. The third-order valence-electron chi connectivity index (χ3n) is 2.08. The van der Waals surface area contributed by atoms with Crippen LogP contribution < -0.4 is 0 Å².